The van der Waals surface area contributed by atoms with Gasteiger partial charge in [-0.05, 0) is 12.1 Å². The van der Waals surface area contributed by atoms with Crippen LogP contribution in [0.1, 0.15) is 16.8 Å². The van der Waals surface area contributed by atoms with Crippen molar-refractivity contribution in [2.24, 2.45) is 0 Å². The highest BCUT2D eigenvalue weighted by Crippen LogP contribution is 2.05. The van der Waals surface area contributed by atoms with Gasteiger partial charge in [0, 0.05) is 11.5 Å². The van der Waals surface area contributed by atoms with Gasteiger partial charge in [0.25, 0.3) is 0 Å². The number of rotatable bonds is 4. The molecular weight excluding hydrogens is 200 g/mol. The number of esters is 1. The van der Waals surface area contributed by atoms with E-state index in [4.69, 9.17) is 16.3 Å². The molecule has 0 N–H and O–H groups in total. The van der Waals surface area contributed by atoms with E-state index in [1.807, 2.05) is 6.07 Å². The van der Waals surface area contributed by atoms with E-state index in [0.29, 0.717) is 17.0 Å². The Morgan fingerprint density at radius 2 is 2.00 bits per heavy atom. The number of ether oxygens (including phenoxy) is 1. The second-order valence-corrected chi connectivity index (χ2v) is 3.30. The molecule has 0 fully saturated rings. The van der Waals surface area contributed by atoms with Gasteiger partial charge in [-0.15, -0.1) is 0 Å². The largest absolute Gasteiger partial charge is 0.462 e. The monoisotopic (exact) mass is 210 g/mol. The van der Waals surface area contributed by atoms with Crippen molar-refractivity contribution in [2.75, 3.05) is 6.61 Å². The van der Waals surface area contributed by atoms with E-state index in [-0.39, 0.29) is 12.6 Å². The van der Waals surface area contributed by atoms with Gasteiger partial charge in [-0.1, -0.05) is 36.4 Å². The van der Waals surface area contributed by atoms with Gasteiger partial charge in [0.15, 0.2) is 0 Å². The summed E-state index contributed by atoms with van der Waals surface area (Å²) >= 11 is 5.52. The summed E-state index contributed by atoms with van der Waals surface area (Å²) in [6.07, 6.45) is 0.486. The molecule has 0 aliphatic carbocycles. The number of halogens is 1. The van der Waals surface area contributed by atoms with E-state index < -0.39 is 0 Å². The van der Waals surface area contributed by atoms with Gasteiger partial charge < -0.3 is 4.74 Å². The van der Waals surface area contributed by atoms with E-state index in [0.717, 1.165) is 0 Å². The Morgan fingerprint density at radius 3 is 2.57 bits per heavy atom. The zero-order chi connectivity index (χ0) is 10.4. The smallest absolute Gasteiger partial charge is 0.338 e. The fourth-order valence-electron chi connectivity index (χ4n) is 0.912. The number of benzene rings is 1. The maximum Gasteiger partial charge on any atom is 0.338 e. The maximum atomic E-state index is 11.3. The van der Waals surface area contributed by atoms with Crippen LogP contribution in [-0.4, -0.2) is 12.6 Å². The van der Waals surface area contributed by atoms with Crippen molar-refractivity contribution in [3.63, 3.8) is 0 Å². The zero-order valence-electron chi connectivity index (χ0n) is 7.70. The van der Waals surface area contributed by atoms with Crippen LogP contribution in [0.4, 0.5) is 0 Å². The molecule has 14 heavy (non-hydrogen) atoms. The maximum absolute atomic E-state index is 11.3. The van der Waals surface area contributed by atoms with Gasteiger partial charge >= 0.3 is 5.97 Å². The first-order valence-electron chi connectivity index (χ1n) is 4.25. The molecule has 0 heterocycles. The molecule has 0 unspecified atom stereocenters. The van der Waals surface area contributed by atoms with Crippen molar-refractivity contribution in [1.29, 1.82) is 0 Å². The zero-order valence-corrected chi connectivity index (χ0v) is 8.46. The van der Waals surface area contributed by atoms with Crippen molar-refractivity contribution in [1.82, 2.24) is 0 Å². The molecule has 0 aromatic heterocycles. The Labute approximate surface area is 88.1 Å². The van der Waals surface area contributed by atoms with E-state index in [1.165, 1.54) is 0 Å². The predicted molar refractivity (Wildman–Crippen MR) is 56.3 cm³/mol. The van der Waals surface area contributed by atoms with Crippen LogP contribution in [0.25, 0.3) is 0 Å². The minimum atomic E-state index is -0.330. The molecule has 1 rings (SSSR count). The molecule has 0 saturated carbocycles. The van der Waals surface area contributed by atoms with Gasteiger partial charge in [-0.25, -0.2) is 4.79 Å². The molecule has 74 valence electrons. The quantitative estimate of drug-likeness (QED) is 0.715. The van der Waals surface area contributed by atoms with Crippen LogP contribution in [0.2, 0.25) is 0 Å². The van der Waals surface area contributed by atoms with Crippen LogP contribution in [0.15, 0.2) is 41.9 Å². The lowest BCUT2D eigenvalue weighted by atomic mass is 10.2. The van der Waals surface area contributed by atoms with E-state index in [9.17, 15) is 4.79 Å². The molecule has 0 atom stereocenters. The van der Waals surface area contributed by atoms with Crippen molar-refractivity contribution >= 4 is 17.6 Å². The molecule has 0 amide bonds. The molecule has 3 heteroatoms. The third-order valence-corrected chi connectivity index (χ3v) is 1.80. The van der Waals surface area contributed by atoms with Crippen molar-refractivity contribution < 1.29 is 9.53 Å². The standard InChI is InChI=1S/C11H11ClO2/c1-9(12)7-8-14-11(13)10-5-3-2-4-6-10/h2-6H,1,7-8H2. The van der Waals surface area contributed by atoms with Crippen molar-refractivity contribution in [2.45, 2.75) is 6.42 Å². The van der Waals surface area contributed by atoms with Gasteiger partial charge in [0.1, 0.15) is 0 Å². The molecule has 1 aromatic carbocycles. The minimum Gasteiger partial charge on any atom is -0.462 e. The highest BCUT2D eigenvalue weighted by atomic mass is 35.5. The minimum absolute atomic E-state index is 0.274. The normalized spacial score (nSPS) is 9.50. The molecule has 0 spiro atoms. The average Bonchev–Trinajstić information content (AvgIpc) is 2.18. The Hall–Kier alpha value is -1.28. The van der Waals surface area contributed by atoms with Gasteiger partial charge in [0.05, 0.1) is 12.2 Å². The summed E-state index contributed by atoms with van der Waals surface area (Å²) in [5.74, 6) is -0.330. The number of carbonyl (C=O) groups is 1. The van der Waals surface area contributed by atoms with E-state index >= 15 is 0 Å². The second-order valence-electron chi connectivity index (χ2n) is 2.77. The molecule has 0 bridgehead atoms. The Balaban J connectivity index is 2.40. The van der Waals surface area contributed by atoms with Crippen LogP contribution in [0.3, 0.4) is 0 Å². The topological polar surface area (TPSA) is 26.3 Å². The molecule has 0 aliphatic rings. The molecule has 2 nitrogen and oxygen atoms in total. The summed E-state index contributed by atoms with van der Waals surface area (Å²) in [5, 5.41) is 0.492. The first kappa shape index (κ1) is 10.8. The van der Waals surface area contributed by atoms with Gasteiger partial charge in [0.2, 0.25) is 0 Å². The third kappa shape index (κ3) is 3.62. The van der Waals surface area contributed by atoms with E-state index in [1.54, 1.807) is 24.3 Å². The summed E-state index contributed by atoms with van der Waals surface area (Å²) in [6, 6.07) is 8.83. The molecular formula is C11H11ClO2. The first-order valence-corrected chi connectivity index (χ1v) is 4.63. The number of hydrogen-bond donors (Lipinski definition) is 0. The van der Waals surface area contributed by atoms with Crippen LogP contribution in [-0.2, 0) is 4.74 Å². The van der Waals surface area contributed by atoms with Gasteiger partial charge in [-0.3, -0.25) is 0 Å². The summed E-state index contributed by atoms with van der Waals surface area (Å²) in [7, 11) is 0. The lowest BCUT2D eigenvalue weighted by Gasteiger charge is -2.03. The summed E-state index contributed by atoms with van der Waals surface area (Å²) in [6.45, 7) is 3.77. The fourth-order valence-corrected chi connectivity index (χ4v) is 0.989. The summed E-state index contributed by atoms with van der Waals surface area (Å²) in [5.41, 5.74) is 0.549. The Kier molecular flexibility index (Phi) is 4.20. The van der Waals surface area contributed by atoms with Gasteiger partial charge in [-0.2, -0.15) is 0 Å². The third-order valence-electron chi connectivity index (χ3n) is 1.62. The van der Waals surface area contributed by atoms with Crippen LogP contribution in [0, 0.1) is 0 Å². The average molecular weight is 211 g/mol. The molecule has 0 saturated heterocycles. The van der Waals surface area contributed by atoms with Crippen LogP contribution in [0.5, 0.6) is 0 Å². The predicted octanol–water partition coefficient (Wildman–Crippen LogP) is 2.99. The SMILES string of the molecule is C=C(Cl)CCOC(=O)c1ccccc1. The Bertz CT molecular complexity index is 319. The molecule has 0 aliphatic heterocycles. The second kappa shape index (κ2) is 5.45. The molecule has 0 radical (unpaired) electrons. The van der Waals surface area contributed by atoms with Crippen molar-refractivity contribution in [3.05, 3.63) is 47.5 Å². The highest BCUT2D eigenvalue weighted by molar-refractivity contribution is 6.29. The van der Waals surface area contributed by atoms with Crippen LogP contribution < -0.4 is 0 Å². The summed E-state index contributed by atoms with van der Waals surface area (Å²) < 4.78 is 4.95. The van der Waals surface area contributed by atoms with Crippen LogP contribution >= 0.6 is 11.6 Å². The Morgan fingerprint density at radius 1 is 1.36 bits per heavy atom. The molecule has 1 aromatic rings. The number of carbonyl (C=O) groups excluding carboxylic acids is 1. The number of hydrogen-bond acceptors (Lipinski definition) is 2. The first-order chi connectivity index (χ1) is 6.70. The van der Waals surface area contributed by atoms with E-state index in [2.05, 4.69) is 6.58 Å². The lowest BCUT2D eigenvalue weighted by molar-refractivity contribution is 0.0511. The lowest BCUT2D eigenvalue weighted by Crippen LogP contribution is -2.05. The highest BCUT2D eigenvalue weighted by Gasteiger charge is 2.04. The van der Waals surface area contributed by atoms with Crippen molar-refractivity contribution in [3.8, 4) is 0 Å². The summed E-state index contributed by atoms with van der Waals surface area (Å²) in [4.78, 5) is 11.3. The fraction of sp³-hybridized carbons (Fsp3) is 0.182.